The van der Waals surface area contributed by atoms with Crippen LogP contribution in [0.25, 0.3) is 5.82 Å². The van der Waals surface area contributed by atoms with Crippen molar-refractivity contribution in [1.29, 1.82) is 0 Å². The lowest BCUT2D eigenvalue weighted by Crippen LogP contribution is -2.35. The van der Waals surface area contributed by atoms with Crippen molar-refractivity contribution in [1.82, 2.24) is 30.0 Å². The summed E-state index contributed by atoms with van der Waals surface area (Å²) >= 11 is 1.85. The first-order chi connectivity index (χ1) is 11.7. The van der Waals surface area contributed by atoms with Crippen molar-refractivity contribution in [2.45, 2.75) is 39.3 Å². The quantitative estimate of drug-likeness (QED) is 0.798. The van der Waals surface area contributed by atoms with Gasteiger partial charge in [-0.25, -0.2) is 24.5 Å². The van der Waals surface area contributed by atoms with Crippen LogP contribution in [0.3, 0.4) is 0 Å². The minimum Gasteiger partial charge on any atom is -0.623 e. The van der Waals surface area contributed by atoms with Crippen molar-refractivity contribution in [3.63, 3.8) is 0 Å². The van der Waals surface area contributed by atoms with Gasteiger partial charge in [-0.15, -0.1) is 0 Å². The highest BCUT2D eigenvalue weighted by molar-refractivity contribution is 6.08. The van der Waals surface area contributed by atoms with Crippen molar-refractivity contribution < 1.29 is 18.1 Å². The molecule has 0 aliphatic heterocycles. The Morgan fingerprint density at radius 3 is 2.52 bits per heavy atom. The Labute approximate surface area is 152 Å². The molecule has 0 saturated carbocycles. The molecule has 1 N–H and O–H groups in total. The van der Waals surface area contributed by atoms with Crippen LogP contribution in [0.2, 0.25) is 0 Å². The van der Waals surface area contributed by atoms with Crippen LogP contribution in [-0.4, -0.2) is 59.0 Å². The van der Waals surface area contributed by atoms with Gasteiger partial charge in [0, 0.05) is 0 Å². The summed E-state index contributed by atoms with van der Waals surface area (Å²) in [6.07, 6.45) is 3.38. The van der Waals surface area contributed by atoms with Crippen LogP contribution in [0.1, 0.15) is 50.0 Å². The molecule has 0 bridgehead atoms. The van der Waals surface area contributed by atoms with Crippen LogP contribution in [0.15, 0.2) is 18.7 Å². The summed E-state index contributed by atoms with van der Waals surface area (Å²) in [7, 11) is 0. The van der Waals surface area contributed by atoms with Crippen LogP contribution in [-0.2, 0) is 8.53 Å². The van der Waals surface area contributed by atoms with Gasteiger partial charge in [0.15, 0.2) is 17.3 Å². The van der Waals surface area contributed by atoms with E-state index in [0.29, 0.717) is 11.6 Å². The standard InChI is InChI=1S/C14H18N6O4.Al/c1-8(19-13(23)24-14(2,3)4)11-17-7-18-20(11)10-6-15-9(5-16-10)12(21)22;/h5-8H,1-4H3,(H,19,23)(H,21,22);/q;+1/p-1. The zero-order valence-electron chi connectivity index (χ0n) is 14.3. The molecule has 1 unspecified atom stereocenters. The summed E-state index contributed by atoms with van der Waals surface area (Å²) in [6, 6.07) is -0.490. The third-order valence-corrected chi connectivity index (χ3v) is 3.08. The maximum Gasteiger partial charge on any atom is 0.485 e. The average molecular weight is 360 g/mol. The number of hydrogen-bond acceptors (Lipinski definition) is 8. The van der Waals surface area contributed by atoms with E-state index >= 15 is 0 Å². The van der Waals surface area contributed by atoms with Gasteiger partial charge >= 0.3 is 28.7 Å². The van der Waals surface area contributed by atoms with E-state index in [1.807, 2.05) is 16.6 Å². The van der Waals surface area contributed by atoms with Crippen LogP contribution < -0.4 is 5.32 Å². The SMILES string of the molecule is CC(NC(=O)OC(C)(C)C)c1ncnn1-c1cnc(C(=O)[O][Al])cn1. The Bertz CT molecular complexity index is 755. The Morgan fingerprint density at radius 1 is 1.24 bits per heavy atom. The second kappa shape index (κ2) is 7.59. The first kappa shape index (κ1) is 18.8. The highest BCUT2D eigenvalue weighted by Gasteiger charge is 2.22. The summed E-state index contributed by atoms with van der Waals surface area (Å²) in [5.41, 5.74) is -0.550. The Hall–Kier alpha value is -2.51. The summed E-state index contributed by atoms with van der Waals surface area (Å²) in [5, 5.41) is 6.75. The number of ether oxygens (including phenoxy) is 1. The van der Waals surface area contributed by atoms with Crippen molar-refractivity contribution in [2.75, 3.05) is 0 Å². The van der Waals surface area contributed by atoms with Crippen molar-refractivity contribution in [2.24, 2.45) is 0 Å². The number of aromatic nitrogens is 5. The average Bonchev–Trinajstić information content (AvgIpc) is 3.02. The van der Waals surface area contributed by atoms with Gasteiger partial charge in [0.25, 0.3) is 0 Å². The molecule has 0 saturated heterocycles. The van der Waals surface area contributed by atoms with E-state index in [4.69, 9.17) is 4.74 Å². The van der Waals surface area contributed by atoms with E-state index in [-0.39, 0.29) is 5.69 Å². The fourth-order valence-corrected chi connectivity index (χ4v) is 1.99. The van der Waals surface area contributed by atoms with Gasteiger partial charge in [-0.2, -0.15) is 9.78 Å². The second-order valence-electron chi connectivity index (χ2n) is 6.06. The molecule has 2 rings (SSSR count). The molecule has 130 valence electrons. The zero-order chi connectivity index (χ0) is 18.6. The largest absolute Gasteiger partial charge is 0.623 e. The monoisotopic (exact) mass is 360 g/mol. The Kier molecular flexibility index (Phi) is 5.71. The molecule has 0 aromatic carbocycles. The molecule has 2 radical (unpaired) electrons. The van der Waals surface area contributed by atoms with E-state index in [1.54, 1.807) is 27.7 Å². The summed E-state index contributed by atoms with van der Waals surface area (Å²) in [4.78, 5) is 35.5. The van der Waals surface area contributed by atoms with Crippen LogP contribution >= 0.6 is 0 Å². The minimum atomic E-state index is -0.622. The van der Waals surface area contributed by atoms with Gasteiger partial charge in [-0.05, 0) is 27.7 Å². The molecule has 0 aliphatic carbocycles. The number of rotatable bonds is 4. The van der Waals surface area contributed by atoms with Crippen molar-refractivity contribution >= 4 is 28.7 Å². The molecule has 0 spiro atoms. The lowest BCUT2D eigenvalue weighted by Gasteiger charge is -2.21. The van der Waals surface area contributed by atoms with Crippen LogP contribution in [0.4, 0.5) is 4.79 Å². The minimum absolute atomic E-state index is 0.0559. The van der Waals surface area contributed by atoms with E-state index in [2.05, 4.69) is 29.2 Å². The van der Waals surface area contributed by atoms with E-state index in [1.165, 1.54) is 23.4 Å². The van der Waals surface area contributed by atoms with E-state index in [9.17, 15) is 9.59 Å². The van der Waals surface area contributed by atoms with E-state index in [0.717, 1.165) is 0 Å². The maximum absolute atomic E-state index is 11.9. The fourth-order valence-electron chi connectivity index (χ4n) is 1.87. The van der Waals surface area contributed by atoms with E-state index < -0.39 is 23.7 Å². The van der Waals surface area contributed by atoms with Gasteiger partial charge in [0.05, 0.1) is 18.4 Å². The lowest BCUT2D eigenvalue weighted by atomic mass is 10.2. The highest BCUT2D eigenvalue weighted by Crippen LogP contribution is 2.14. The predicted molar refractivity (Wildman–Crippen MR) is 85.9 cm³/mol. The Morgan fingerprint density at radius 2 is 1.96 bits per heavy atom. The van der Waals surface area contributed by atoms with Gasteiger partial charge in [-0.3, -0.25) is 0 Å². The normalized spacial score (nSPS) is 12.3. The van der Waals surface area contributed by atoms with Gasteiger partial charge in [0.2, 0.25) is 0 Å². The van der Waals surface area contributed by atoms with Gasteiger partial charge in [-0.1, -0.05) is 0 Å². The predicted octanol–water partition coefficient (Wildman–Crippen LogP) is 0.883. The molecular weight excluding hydrogens is 343 g/mol. The maximum atomic E-state index is 11.9. The molecule has 10 nitrogen and oxygen atoms in total. The zero-order valence-corrected chi connectivity index (χ0v) is 15.4. The topological polar surface area (TPSA) is 121 Å². The third kappa shape index (κ3) is 4.98. The van der Waals surface area contributed by atoms with Crippen LogP contribution in [0, 0.1) is 0 Å². The lowest BCUT2D eigenvalue weighted by molar-refractivity contribution is 0.0505. The van der Waals surface area contributed by atoms with Crippen LogP contribution in [0.5, 0.6) is 0 Å². The molecule has 2 aromatic rings. The molecule has 0 aliphatic rings. The number of carbonyl (C=O) groups excluding carboxylic acids is 2. The van der Waals surface area contributed by atoms with Crippen molar-refractivity contribution in [3.05, 3.63) is 30.2 Å². The molecule has 11 heteroatoms. The molecule has 25 heavy (non-hydrogen) atoms. The molecule has 2 aromatic heterocycles. The third-order valence-electron chi connectivity index (χ3n) is 2.87. The fraction of sp³-hybridized carbons (Fsp3) is 0.429. The number of carbonyl (C=O) groups is 2. The Balaban J connectivity index is 2.16. The molecule has 1 amide bonds. The van der Waals surface area contributed by atoms with Crippen molar-refractivity contribution in [3.8, 4) is 5.82 Å². The molecule has 1 atom stereocenters. The highest BCUT2D eigenvalue weighted by atomic mass is 27.1. The summed E-state index contributed by atoms with van der Waals surface area (Å²) < 4.78 is 11.1. The summed E-state index contributed by atoms with van der Waals surface area (Å²) in [6.45, 7) is 7.06. The number of nitrogens with one attached hydrogen (secondary N) is 1. The van der Waals surface area contributed by atoms with Gasteiger partial charge < -0.3 is 13.8 Å². The first-order valence-corrected chi connectivity index (χ1v) is 7.81. The number of hydrogen-bond donors (Lipinski definition) is 1. The first-order valence-electron chi connectivity index (χ1n) is 7.34. The second-order valence-corrected chi connectivity index (χ2v) is 6.30. The number of alkyl carbamates (subject to hydrolysis) is 1. The number of amides is 1. The molecule has 0 fully saturated rings. The number of nitrogens with zero attached hydrogens (tertiary/aromatic N) is 5. The molecule has 2 heterocycles. The molecular formula is C14H17AlN6O4. The smallest absolute Gasteiger partial charge is 0.485 e. The van der Waals surface area contributed by atoms with Gasteiger partial charge in [0.1, 0.15) is 11.9 Å². The summed E-state index contributed by atoms with van der Waals surface area (Å²) in [5.74, 6) is 0.148.